The van der Waals surface area contributed by atoms with E-state index in [4.69, 9.17) is 9.31 Å². The minimum Gasteiger partial charge on any atom is -0.407 e. The highest BCUT2D eigenvalue weighted by Gasteiger charge is 2.35. The first-order valence-corrected chi connectivity index (χ1v) is 6.02. The zero-order valence-corrected chi connectivity index (χ0v) is 10.7. The van der Waals surface area contributed by atoms with Gasteiger partial charge in [-0.2, -0.15) is 0 Å². The number of rotatable bonds is 2. The van der Waals surface area contributed by atoms with Crippen molar-refractivity contribution in [2.75, 3.05) is 19.8 Å². The second-order valence-corrected chi connectivity index (χ2v) is 5.39. The molecule has 0 spiro atoms. The molecule has 5 heteroatoms. The molecule has 1 aliphatic rings. The molecule has 86 valence electrons. The molecule has 0 atom stereocenters. The molecule has 2 rings (SSSR count). The Morgan fingerprint density at radius 1 is 1.31 bits per heavy atom. The topological polar surface area (TPSA) is 38.7 Å². The molecule has 16 heavy (non-hydrogen) atoms. The quantitative estimate of drug-likeness (QED) is 0.830. The monoisotopic (exact) mass is 284 g/mol. The lowest BCUT2D eigenvalue weighted by Crippen LogP contribution is -2.49. The lowest BCUT2D eigenvalue weighted by molar-refractivity contribution is -0.0145. The summed E-state index contributed by atoms with van der Waals surface area (Å²) < 4.78 is 12.3. The Kier molecular flexibility index (Phi) is 3.69. The van der Waals surface area contributed by atoms with Crippen LogP contribution in [0.4, 0.5) is 0 Å². The van der Waals surface area contributed by atoms with Crippen molar-refractivity contribution in [3.63, 3.8) is 0 Å². The molecule has 0 saturated carbocycles. The minimum atomic E-state index is -0.312. The van der Waals surface area contributed by atoms with Crippen LogP contribution in [0.25, 0.3) is 0 Å². The summed E-state index contributed by atoms with van der Waals surface area (Å²) in [6.45, 7) is 3.07. The Hall–Kier alpha value is -0.355. The smallest absolute Gasteiger partial charge is 0.407 e. The molecule has 0 aromatic heterocycles. The van der Waals surface area contributed by atoms with Crippen molar-refractivity contribution in [1.82, 2.24) is 0 Å². The molecule has 3 nitrogen and oxygen atoms in total. The van der Waals surface area contributed by atoms with Gasteiger partial charge in [0.15, 0.2) is 0 Å². The molecule has 0 bridgehead atoms. The van der Waals surface area contributed by atoms with Crippen molar-refractivity contribution in [2.24, 2.45) is 5.41 Å². The van der Waals surface area contributed by atoms with Gasteiger partial charge in [-0.25, -0.2) is 0 Å². The standard InChI is InChI=1S/C11H14BBrO3/c1-11(6-14)7-15-12(16-8-11)9-2-4-10(13)5-3-9/h2-5,14H,6-8H2,1H3. The van der Waals surface area contributed by atoms with Crippen molar-refractivity contribution in [1.29, 1.82) is 0 Å². The number of hydrogen-bond donors (Lipinski definition) is 1. The van der Waals surface area contributed by atoms with Gasteiger partial charge < -0.3 is 14.4 Å². The first-order valence-electron chi connectivity index (χ1n) is 5.22. The van der Waals surface area contributed by atoms with Gasteiger partial charge >= 0.3 is 7.12 Å². The number of halogens is 1. The second-order valence-electron chi connectivity index (χ2n) is 4.47. The molecule has 0 amide bonds. The molecule has 1 aliphatic heterocycles. The van der Waals surface area contributed by atoms with Gasteiger partial charge in [0, 0.05) is 23.1 Å². The highest BCUT2D eigenvalue weighted by Crippen LogP contribution is 2.21. The van der Waals surface area contributed by atoms with E-state index >= 15 is 0 Å². The first kappa shape index (κ1) is 12.1. The Labute approximate surface area is 104 Å². The summed E-state index contributed by atoms with van der Waals surface area (Å²) >= 11 is 3.38. The average Bonchev–Trinajstić information content (AvgIpc) is 2.32. The van der Waals surface area contributed by atoms with E-state index in [1.807, 2.05) is 31.2 Å². The average molecular weight is 285 g/mol. The third-order valence-corrected chi connectivity index (χ3v) is 3.22. The molecule has 0 radical (unpaired) electrons. The SMILES string of the molecule is CC1(CO)COB(c2ccc(Br)cc2)OC1. The molecule has 0 aliphatic carbocycles. The molecule has 1 heterocycles. The summed E-state index contributed by atoms with van der Waals surface area (Å²) in [4.78, 5) is 0. The minimum absolute atomic E-state index is 0.0834. The van der Waals surface area contributed by atoms with Crippen LogP contribution in [0, 0.1) is 5.41 Å². The maximum atomic E-state index is 9.18. The Balaban J connectivity index is 2.01. The zero-order chi connectivity index (χ0) is 11.6. The lowest BCUT2D eigenvalue weighted by Gasteiger charge is -2.34. The van der Waals surface area contributed by atoms with E-state index in [1.54, 1.807) is 0 Å². The van der Waals surface area contributed by atoms with Crippen molar-refractivity contribution in [2.45, 2.75) is 6.92 Å². The van der Waals surface area contributed by atoms with Gasteiger partial charge in [-0.05, 0) is 17.6 Å². The van der Waals surface area contributed by atoms with Crippen molar-refractivity contribution in [3.8, 4) is 0 Å². The number of benzene rings is 1. The van der Waals surface area contributed by atoms with Crippen LogP contribution in [0.1, 0.15) is 6.92 Å². The van der Waals surface area contributed by atoms with Crippen LogP contribution in [0.3, 0.4) is 0 Å². The molecular formula is C11H14BBrO3. The molecule has 1 fully saturated rings. The summed E-state index contributed by atoms with van der Waals surface area (Å²) in [6.07, 6.45) is 0. The lowest BCUT2D eigenvalue weighted by atomic mass is 9.76. The molecule has 1 aromatic rings. The summed E-state index contributed by atoms with van der Waals surface area (Å²) in [7, 11) is -0.312. The number of aliphatic hydroxyl groups is 1. The highest BCUT2D eigenvalue weighted by molar-refractivity contribution is 9.10. The Morgan fingerprint density at radius 2 is 1.88 bits per heavy atom. The fourth-order valence-corrected chi connectivity index (χ4v) is 1.81. The third kappa shape index (κ3) is 2.66. The van der Waals surface area contributed by atoms with Crippen LogP contribution in [0.15, 0.2) is 28.7 Å². The van der Waals surface area contributed by atoms with E-state index in [2.05, 4.69) is 15.9 Å². The van der Waals surface area contributed by atoms with E-state index < -0.39 is 0 Å². The second kappa shape index (κ2) is 4.88. The van der Waals surface area contributed by atoms with Crippen molar-refractivity contribution >= 4 is 28.5 Å². The van der Waals surface area contributed by atoms with Crippen LogP contribution in [-0.2, 0) is 9.31 Å². The summed E-state index contributed by atoms with van der Waals surface area (Å²) in [6, 6.07) is 7.86. The normalized spacial score (nSPS) is 19.8. The van der Waals surface area contributed by atoms with Crippen molar-refractivity contribution in [3.05, 3.63) is 28.7 Å². The van der Waals surface area contributed by atoms with Crippen LogP contribution < -0.4 is 5.46 Å². The predicted molar refractivity (Wildman–Crippen MR) is 66.6 cm³/mol. The molecule has 1 aromatic carbocycles. The van der Waals surface area contributed by atoms with Gasteiger partial charge in [0.1, 0.15) is 0 Å². The van der Waals surface area contributed by atoms with Crippen LogP contribution in [0.5, 0.6) is 0 Å². The van der Waals surface area contributed by atoms with E-state index in [0.29, 0.717) is 13.2 Å². The van der Waals surface area contributed by atoms with Gasteiger partial charge in [-0.1, -0.05) is 35.0 Å². The van der Waals surface area contributed by atoms with Crippen LogP contribution in [0.2, 0.25) is 0 Å². The van der Waals surface area contributed by atoms with Crippen molar-refractivity contribution < 1.29 is 14.4 Å². The Morgan fingerprint density at radius 3 is 2.38 bits per heavy atom. The number of aliphatic hydroxyl groups excluding tert-OH is 1. The van der Waals surface area contributed by atoms with Gasteiger partial charge in [0.25, 0.3) is 0 Å². The largest absolute Gasteiger partial charge is 0.493 e. The predicted octanol–water partition coefficient (Wildman–Crippen LogP) is 1.19. The maximum absolute atomic E-state index is 9.18. The molecular weight excluding hydrogens is 271 g/mol. The first-order chi connectivity index (χ1) is 7.63. The fraction of sp³-hybridized carbons (Fsp3) is 0.455. The zero-order valence-electron chi connectivity index (χ0n) is 9.15. The molecule has 1 saturated heterocycles. The van der Waals surface area contributed by atoms with Gasteiger partial charge in [-0.15, -0.1) is 0 Å². The van der Waals surface area contributed by atoms with E-state index in [-0.39, 0.29) is 19.1 Å². The van der Waals surface area contributed by atoms with Crippen LogP contribution in [-0.4, -0.2) is 32.0 Å². The fourth-order valence-electron chi connectivity index (χ4n) is 1.55. The molecule has 1 N–H and O–H groups in total. The van der Waals surface area contributed by atoms with Gasteiger partial charge in [0.2, 0.25) is 0 Å². The Bertz CT molecular complexity index is 347. The van der Waals surface area contributed by atoms with E-state index in [9.17, 15) is 5.11 Å². The van der Waals surface area contributed by atoms with Gasteiger partial charge in [-0.3, -0.25) is 0 Å². The summed E-state index contributed by atoms with van der Waals surface area (Å²) in [5, 5.41) is 9.18. The molecule has 0 unspecified atom stereocenters. The number of hydrogen-bond acceptors (Lipinski definition) is 3. The van der Waals surface area contributed by atoms with E-state index in [0.717, 1.165) is 9.94 Å². The third-order valence-electron chi connectivity index (χ3n) is 2.69. The van der Waals surface area contributed by atoms with E-state index in [1.165, 1.54) is 0 Å². The maximum Gasteiger partial charge on any atom is 0.493 e. The highest BCUT2D eigenvalue weighted by atomic mass is 79.9. The van der Waals surface area contributed by atoms with Crippen LogP contribution >= 0.6 is 15.9 Å². The van der Waals surface area contributed by atoms with Gasteiger partial charge in [0.05, 0.1) is 6.61 Å². The summed E-state index contributed by atoms with van der Waals surface area (Å²) in [5.41, 5.74) is 0.731. The summed E-state index contributed by atoms with van der Waals surface area (Å²) in [5.74, 6) is 0.